The zero-order valence-corrected chi connectivity index (χ0v) is 11.8. The minimum Gasteiger partial charge on any atom is -0.481 e. The standard InChI is InChI=1S/C14H25N3O/c1-4-6-7-8-10-15-13-11-14(18-3)17-12(16-13)9-5-2/h11H,4-10H2,1-3H3,(H,15,16,17). The predicted octanol–water partition coefficient (Wildman–Crippen LogP) is 3.43. The molecule has 0 radical (unpaired) electrons. The molecule has 0 aromatic carbocycles. The first-order valence-corrected chi connectivity index (χ1v) is 6.96. The molecule has 0 unspecified atom stereocenters. The normalized spacial score (nSPS) is 10.4. The average molecular weight is 251 g/mol. The maximum Gasteiger partial charge on any atom is 0.218 e. The molecule has 0 saturated heterocycles. The molecule has 0 atom stereocenters. The van der Waals surface area contributed by atoms with Gasteiger partial charge in [0, 0.05) is 19.0 Å². The third-order valence-electron chi connectivity index (χ3n) is 2.77. The number of hydrogen-bond acceptors (Lipinski definition) is 4. The van der Waals surface area contributed by atoms with E-state index in [2.05, 4.69) is 29.1 Å². The van der Waals surface area contributed by atoms with E-state index in [1.54, 1.807) is 7.11 Å². The zero-order valence-electron chi connectivity index (χ0n) is 11.8. The van der Waals surface area contributed by atoms with Crippen LogP contribution in [0.3, 0.4) is 0 Å². The van der Waals surface area contributed by atoms with E-state index in [0.717, 1.165) is 31.0 Å². The van der Waals surface area contributed by atoms with Crippen LogP contribution in [0.1, 0.15) is 51.8 Å². The van der Waals surface area contributed by atoms with Crippen LogP contribution in [0.4, 0.5) is 5.82 Å². The van der Waals surface area contributed by atoms with Gasteiger partial charge in [-0.2, -0.15) is 4.98 Å². The number of anilines is 1. The van der Waals surface area contributed by atoms with Crippen LogP contribution in [-0.2, 0) is 6.42 Å². The first-order chi connectivity index (χ1) is 8.80. The van der Waals surface area contributed by atoms with Gasteiger partial charge in [0.05, 0.1) is 7.11 Å². The van der Waals surface area contributed by atoms with Gasteiger partial charge in [-0.3, -0.25) is 0 Å². The molecule has 0 aliphatic carbocycles. The summed E-state index contributed by atoms with van der Waals surface area (Å²) in [6, 6.07) is 1.86. The molecule has 0 bridgehead atoms. The second-order valence-electron chi connectivity index (χ2n) is 4.45. The van der Waals surface area contributed by atoms with Gasteiger partial charge in [0.1, 0.15) is 11.6 Å². The van der Waals surface area contributed by atoms with Crippen molar-refractivity contribution in [3.05, 3.63) is 11.9 Å². The molecule has 102 valence electrons. The molecule has 0 saturated carbocycles. The summed E-state index contributed by atoms with van der Waals surface area (Å²) in [5.41, 5.74) is 0. The van der Waals surface area contributed by atoms with Gasteiger partial charge in [-0.05, 0) is 12.8 Å². The Morgan fingerprint density at radius 3 is 2.61 bits per heavy atom. The van der Waals surface area contributed by atoms with E-state index in [1.165, 1.54) is 25.7 Å². The van der Waals surface area contributed by atoms with Crippen LogP contribution in [0.25, 0.3) is 0 Å². The van der Waals surface area contributed by atoms with Crippen molar-refractivity contribution in [1.82, 2.24) is 9.97 Å². The quantitative estimate of drug-likeness (QED) is 0.683. The van der Waals surface area contributed by atoms with Gasteiger partial charge in [0.2, 0.25) is 5.88 Å². The van der Waals surface area contributed by atoms with Gasteiger partial charge < -0.3 is 10.1 Å². The number of aromatic nitrogens is 2. The molecule has 1 heterocycles. The highest BCUT2D eigenvalue weighted by molar-refractivity contribution is 5.38. The lowest BCUT2D eigenvalue weighted by atomic mass is 10.2. The number of hydrogen-bond donors (Lipinski definition) is 1. The highest BCUT2D eigenvalue weighted by Crippen LogP contribution is 2.14. The maximum absolute atomic E-state index is 5.20. The van der Waals surface area contributed by atoms with Crippen LogP contribution >= 0.6 is 0 Å². The molecule has 0 spiro atoms. The van der Waals surface area contributed by atoms with Crippen LogP contribution in [0, 0.1) is 0 Å². The Morgan fingerprint density at radius 1 is 1.11 bits per heavy atom. The summed E-state index contributed by atoms with van der Waals surface area (Å²) in [4.78, 5) is 8.81. The molecule has 0 aliphatic rings. The smallest absolute Gasteiger partial charge is 0.218 e. The van der Waals surface area contributed by atoms with Crippen molar-refractivity contribution in [3.63, 3.8) is 0 Å². The topological polar surface area (TPSA) is 47.0 Å². The Balaban J connectivity index is 2.50. The van der Waals surface area contributed by atoms with Crippen molar-refractivity contribution in [2.45, 2.75) is 52.4 Å². The molecule has 0 amide bonds. The van der Waals surface area contributed by atoms with E-state index >= 15 is 0 Å². The van der Waals surface area contributed by atoms with Crippen LogP contribution in [0.5, 0.6) is 5.88 Å². The Bertz CT molecular complexity index is 342. The number of nitrogens with one attached hydrogen (secondary N) is 1. The second kappa shape index (κ2) is 8.72. The fraction of sp³-hybridized carbons (Fsp3) is 0.714. The number of unbranched alkanes of at least 4 members (excludes halogenated alkanes) is 3. The van der Waals surface area contributed by atoms with Crippen LogP contribution in [0.2, 0.25) is 0 Å². The number of nitrogens with zero attached hydrogens (tertiary/aromatic N) is 2. The molecule has 18 heavy (non-hydrogen) atoms. The van der Waals surface area contributed by atoms with Gasteiger partial charge in [-0.1, -0.05) is 33.1 Å². The van der Waals surface area contributed by atoms with Crippen molar-refractivity contribution >= 4 is 5.82 Å². The van der Waals surface area contributed by atoms with Crippen molar-refractivity contribution < 1.29 is 4.74 Å². The van der Waals surface area contributed by atoms with Gasteiger partial charge in [0.15, 0.2) is 0 Å². The lowest BCUT2D eigenvalue weighted by Crippen LogP contribution is -2.07. The third kappa shape index (κ3) is 5.34. The molecule has 4 heteroatoms. The molecule has 1 N–H and O–H groups in total. The summed E-state index contributed by atoms with van der Waals surface area (Å²) in [5.74, 6) is 2.37. The van der Waals surface area contributed by atoms with E-state index in [-0.39, 0.29) is 0 Å². The van der Waals surface area contributed by atoms with E-state index in [1.807, 2.05) is 6.07 Å². The van der Waals surface area contributed by atoms with Crippen LogP contribution < -0.4 is 10.1 Å². The van der Waals surface area contributed by atoms with Crippen molar-refractivity contribution in [2.24, 2.45) is 0 Å². The number of aryl methyl sites for hydroxylation is 1. The van der Waals surface area contributed by atoms with Crippen molar-refractivity contribution in [2.75, 3.05) is 19.0 Å². The summed E-state index contributed by atoms with van der Waals surface area (Å²) in [6.45, 7) is 5.31. The lowest BCUT2D eigenvalue weighted by molar-refractivity contribution is 0.395. The Kier molecular flexibility index (Phi) is 7.14. The van der Waals surface area contributed by atoms with Crippen molar-refractivity contribution in [1.29, 1.82) is 0 Å². The predicted molar refractivity (Wildman–Crippen MR) is 75.2 cm³/mol. The van der Waals surface area contributed by atoms with Crippen LogP contribution in [0.15, 0.2) is 6.07 Å². The van der Waals surface area contributed by atoms with Gasteiger partial charge in [-0.15, -0.1) is 0 Å². The maximum atomic E-state index is 5.20. The van der Waals surface area contributed by atoms with Crippen LogP contribution in [-0.4, -0.2) is 23.6 Å². The monoisotopic (exact) mass is 251 g/mol. The second-order valence-corrected chi connectivity index (χ2v) is 4.45. The van der Waals surface area contributed by atoms with E-state index in [0.29, 0.717) is 5.88 Å². The number of rotatable bonds is 9. The fourth-order valence-electron chi connectivity index (χ4n) is 1.77. The zero-order chi connectivity index (χ0) is 13.2. The van der Waals surface area contributed by atoms with E-state index < -0.39 is 0 Å². The minimum absolute atomic E-state index is 0.643. The summed E-state index contributed by atoms with van der Waals surface area (Å²) in [6.07, 6.45) is 6.96. The molecule has 0 fully saturated rings. The van der Waals surface area contributed by atoms with Gasteiger partial charge in [-0.25, -0.2) is 4.98 Å². The summed E-state index contributed by atoms with van der Waals surface area (Å²) in [7, 11) is 1.64. The highest BCUT2D eigenvalue weighted by atomic mass is 16.5. The first-order valence-electron chi connectivity index (χ1n) is 6.96. The van der Waals surface area contributed by atoms with Crippen molar-refractivity contribution in [3.8, 4) is 5.88 Å². The molecule has 4 nitrogen and oxygen atoms in total. The largest absolute Gasteiger partial charge is 0.481 e. The fourth-order valence-corrected chi connectivity index (χ4v) is 1.77. The van der Waals surface area contributed by atoms with Gasteiger partial charge in [0.25, 0.3) is 0 Å². The van der Waals surface area contributed by atoms with E-state index in [9.17, 15) is 0 Å². The number of methoxy groups -OCH3 is 1. The Labute approximate surface area is 110 Å². The Hall–Kier alpha value is -1.32. The molecular formula is C14H25N3O. The molecule has 1 rings (SSSR count). The van der Waals surface area contributed by atoms with E-state index in [4.69, 9.17) is 4.74 Å². The average Bonchev–Trinajstić information content (AvgIpc) is 2.38. The summed E-state index contributed by atoms with van der Waals surface area (Å²) in [5, 5.41) is 3.35. The molecule has 1 aromatic heterocycles. The highest BCUT2D eigenvalue weighted by Gasteiger charge is 2.03. The minimum atomic E-state index is 0.643. The molecular weight excluding hydrogens is 226 g/mol. The Morgan fingerprint density at radius 2 is 1.94 bits per heavy atom. The summed E-state index contributed by atoms with van der Waals surface area (Å²) < 4.78 is 5.20. The first kappa shape index (κ1) is 14.7. The molecule has 0 aliphatic heterocycles. The third-order valence-corrected chi connectivity index (χ3v) is 2.77. The SMILES string of the molecule is CCCCCCNc1cc(OC)nc(CCC)n1. The number of ether oxygens (including phenoxy) is 1. The lowest BCUT2D eigenvalue weighted by Gasteiger charge is -2.09. The molecule has 1 aromatic rings. The summed E-state index contributed by atoms with van der Waals surface area (Å²) >= 11 is 0. The van der Waals surface area contributed by atoms with Gasteiger partial charge >= 0.3 is 0 Å².